The number of fused-ring (bicyclic) bond motifs is 7. The van der Waals surface area contributed by atoms with Gasteiger partial charge < -0.3 is 19.5 Å². The number of benzene rings is 2. The van der Waals surface area contributed by atoms with E-state index in [0.717, 1.165) is 43.1 Å². The van der Waals surface area contributed by atoms with Crippen molar-refractivity contribution >= 4 is 33.6 Å². The Balaban J connectivity index is 1.21. The molecule has 2 aliphatic heterocycles. The summed E-state index contributed by atoms with van der Waals surface area (Å²) in [6.45, 7) is 5.61. The zero-order valence-corrected chi connectivity index (χ0v) is 22.5. The van der Waals surface area contributed by atoms with Gasteiger partial charge in [-0.2, -0.15) is 4.98 Å². The molecule has 2 aliphatic rings. The molecule has 0 unspecified atom stereocenters. The van der Waals surface area contributed by atoms with Crippen molar-refractivity contribution in [2.24, 2.45) is 0 Å². The van der Waals surface area contributed by atoms with Crippen molar-refractivity contribution in [1.82, 2.24) is 28.8 Å². The summed E-state index contributed by atoms with van der Waals surface area (Å²) in [6.07, 6.45) is 12.4. The number of nitrogens with zero attached hydrogens (tertiary/aromatic N) is 6. The molecule has 0 saturated carbocycles. The van der Waals surface area contributed by atoms with Gasteiger partial charge in [0.1, 0.15) is 11.1 Å². The molecule has 1 fully saturated rings. The van der Waals surface area contributed by atoms with Crippen molar-refractivity contribution < 1.29 is 4.74 Å². The highest BCUT2D eigenvalue weighted by Gasteiger charge is 2.18. The first kappa shape index (κ1) is 24.7. The molecule has 40 heavy (non-hydrogen) atoms. The fraction of sp³-hybridized carbons (Fsp3) is 0.323. The zero-order valence-electron chi connectivity index (χ0n) is 22.5. The van der Waals surface area contributed by atoms with Gasteiger partial charge in [-0.25, -0.2) is 14.3 Å². The molecule has 1 N–H and O–H groups in total. The van der Waals surface area contributed by atoms with Gasteiger partial charge in [0.15, 0.2) is 5.65 Å². The summed E-state index contributed by atoms with van der Waals surface area (Å²) in [5.41, 5.74) is 3.37. The Morgan fingerprint density at radius 2 is 1.90 bits per heavy atom. The predicted octanol–water partition coefficient (Wildman–Crippen LogP) is 5.11. The van der Waals surface area contributed by atoms with Crippen LogP contribution < -0.4 is 15.6 Å². The minimum atomic E-state index is -0.119. The molecule has 5 aromatic rings. The smallest absolute Gasteiger partial charge is 0.278 e. The Bertz CT molecular complexity index is 1760. The lowest BCUT2D eigenvalue weighted by Gasteiger charge is -2.15. The summed E-state index contributed by atoms with van der Waals surface area (Å²) in [6, 6.07) is 16.3. The number of nitrogens with one attached hydrogen (secondary N) is 1. The number of rotatable bonds is 5. The molecular weight excluding hydrogens is 502 g/mol. The lowest BCUT2D eigenvalue weighted by molar-refractivity contribution is 0.311. The Morgan fingerprint density at radius 3 is 2.83 bits per heavy atom. The van der Waals surface area contributed by atoms with Crippen molar-refractivity contribution in [2.75, 3.05) is 31.6 Å². The third-order valence-electron chi connectivity index (χ3n) is 7.85. The van der Waals surface area contributed by atoms with Crippen molar-refractivity contribution in [3.05, 3.63) is 83.4 Å². The van der Waals surface area contributed by atoms with Gasteiger partial charge in [0.05, 0.1) is 18.8 Å². The van der Waals surface area contributed by atoms with E-state index in [-0.39, 0.29) is 5.56 Å². The fourth-order valence-corrected chi connectivity index (χ4v) is 5.76. The van der Waals surface area contributed by atoms with Crippen LogP contribution in [0.3, 0.4) is 0 Å². The summed E-state index contributed by atoms with van der Waals surface area (Å²) >= 11 is 0. The summed E-state index contributed by atoms with van der Waals surface area (Å²) in [5, 5.41) is 5.01. The van der Waals surface area contributed by atoms with Crippen LogP contribution in [0.25, 0.3) is 27.6 Å². The van der Waals surface area contributed by atoms with Crippen molar-refractivity contribution in [2.45, 2.75) is 38.8 Å². The Hall–Kier alpha value is -4.37. The highest BCUT2D eigenvalue weighted by molar-refractivity contribution is 5.85. The maximum absolute atomic E-state index is 13.4. The molecule has 7 rings (SSSR count). The maximum atomic E-state index is 13.4. The molecule has 5 heterocycles. The van der Waals surface area contributed by atoms with E-state index in [2.05, 4.69) is 56.3 Å². The van der Waals surface area contributed by atoms with Gasteiger partial charge in [-0.15, -0.1) is 0 Å². The van der Waals surface area contributed by atoms with Gasteiger partial charge >= 0.3 is 0 Å². The quantitative estimate of drug-likeness (QED) is 0.315. The highest BCUT2D eigenvalue weighted by Crippen LogP contribution is 2.25. The van der Waals surface area contributed by atoms with E-state index in [9.17, 15) is 4.79 Å². The van der Waals surface area contributed by atoms with Crippen LogP contribution in [0.5, 0.6) is 5.75 Å². The van der Waals surface area contributed by atoms with Gasteiger partial charge in [-0.05, 0) is 75.2 Å². The molecule has 2 aromatic carbocycles. The average Bonchev–Trinajstić information content (AvgIpc) is 3.69. The third-order valence-corrected chi connectivity index (χ3v) is 7.85. The highest BCUT2D eigenvalue weighted by atomic mass is 16.5. The van der Waals surface area contributed by atoms with Crippen molar-refractivity contribution in [3.8, 4) is 11.4 Å². The largest absolute Gasteiger partial charge is 0.494 e. The van der Waals surface area contributed by atoms with Crippen LogP contribution in [-0.2, 0) is 13.1 Å². The summed E-state index contributed by atoms with van der Waals surface area (Å²) < 4.78 is 11.8. The van der Waals surface area contributed by atoms with Crippen LogP contribution in [0.2, 0.25) is 0 Å². The molecule has 204 valence electrons. The second-order valence-corrected chi connectivity index (χ2v) is 10.5. The number of likely N-dealkylation sites (tertiary alicyclic amines) is 1. The van der Waals surface area contributed by atoms with Crippen LogP contribution in [0.15, 0.2) is 77.9 Å². The minimum Gasteiger partial charge on any atom is -0.494 e. The molecule has 0 atom stereocenters. The van der Waals surface area contributed by atoms with Gasteiger partial charge in [-0.1, -0.05) is 18.2 Å². The average molecular weight is 536 g/mol. The molecule has 9 nitrogen and oxygen atoms in total. The molecular formula is C31H33N7O2. The van der Waals surface area contributed by atoms with Crippen LogP contribution in [0.1, 0.15) is 25.7 Å². The van der Waals surface area contributed by atoms with Crippen LogP contribution >= 0.6 is 0 Å². The maximum Gasteiger partial charge on any atom is 0.278 e. The van der Waals surface area contributed by atoms with Crippen molar-refractivity contribution in [3.63, 3.8) is 0 Å². The monoisotopic (exact) mass is 535 g/mol. The van der Waals surface area contributed by atoms with Gasteiger partial charge in [0.2, 0.25) is 5.95 Å². The molecule has 3 aromatic heterocycles. The first-order chi connectivity index (χ1) is 19.7. The lowest BCUT2D eigenvalue weighted by Crippen LogP contribution is -2.23. The lowest BCUT2D eigenvalue weighted by atomic mass is 10.2. The van der Waals surface area contributed by atoms with E-state index in [1.165, 1.54) is 36.8 Å². The van der Waals surface area contributed by atoms with E-state index < -0.39 is 0 Å². The van der Waals surface area contributed by atoms with Gasteiger partial charge in [-0.3, -0.25) is 4.79 Å². The van der Waals surface area contributed by atoms with Crippen LogP contribution in [-0.4, -0.2) is 55.0 Å². The van der Waals surface area contributed by atoms with Crippen LogP contribution in [0, 0.1) is 0 Å². The number of ether oxygens (including phenoxy) is 1. The van der Waals surface area contributed by atoms with Gasteiger partial charge in [0.25, 0.3) is 5.56 Å². The number of allylic oxidation sites excluding steroid dienone is 2. The normalized spacial score (nSPS) is 16.8. The zero-order chi connectivity index (χ0) is 26.9. The van der Waals surface area contributed by atoms with E-state index >= 15 is 0 Å². The SMILES string of the molecule is O=c1c2cnc(Nc3ccc4c(ccn4CCN4CCCC4)c3)nc2n2n1C/C=C\CCCOc1cccc-2c1. The first-order valence-corrected chi connectivity index (χ1v) is 14.2. The number of hydrogen-bond donors (Lipinski definition) is 1. The Kier molecular flexibility index (Phi) is 6.57. The molecule has 0 spiro atoms. The van der Waals surface area contributed by atoms with E-state index in [1.807, 2.05) is 35.0 Å². The standard InChI is InChI=1S/C31H33N7O2/c39-30-27-22-32-31(33-24-10-11-28-23(20-24)12-16-36(28)18-17-35-13-4-5-14-35)34-29(27)38-25-8-7-9-26(21-25)40-19-6-2-1-3-15-37(30)38/h1,3,7-12,16,20-22H,2,4-6,13-15,17-19H2,(H,32,33,34)/b3-1-. The number of hydrogen-bond acceptors (Lipinski definition) is 6. The molecule has 0 radical (unpaired) electrons. The second-order valence-electron chi connectivity index (χ2n) is 10.5. The number of anilines is 2. The first-order valence-electron chi connectivity index (χ1n) is 14.2. The molecule has 1 saturated heterocycles. The number of aromatic nitrogens is 5. The molecule has 0 amide bonds. The van der Waals surface area contributed by atoms with E-state index in [1.54, 1.807) is 10.9 Å². The van der Waals surface area contributed by atoms with E-state index in [4.69, 9.17) is 9.72 Å². The summed E-state index contributed by atoms with van der Waals surface area (Å²) in [4.78, 5) is 25.3. The molecule has 0 aliphatic carbocycles. The Labute approximate surface area is 232 Å². The minimum absolute atomic E-state index is 0.119. The van der Waals surface area contributed by atoms with Gasteiger partial charge in [0, 0.05) is 48.1 Å². The Morgan fingerprint density at radius 1 is 0.975 bits per heavy atom. The summed E-state index contributed by atoms with van der Waals surface area (Å²) in [5.74, 6) is 1.21. The molecule has 9 heteroatoms. The third kappa shape index (κ3) is 4.77. The molecule has 2 bridgehead atoms. The summed E-state index contributed by atoms with van der Waals surface area (Å²) in [7, 11) is 0. The fourth-order valence-electron chi connectivity index (χ4n) is 5.76. The van der Waals surface area contributed by atoms with Crippen LogP contribution in [0.4, 0.5) is 11.6 Å². The topological polar surface area (TPSA) is 82.1 Å². The predicted molar refractivity (Wildman–Crippen MR) is 158 cm³/mol. The second kappa shape index (κ2) is 10.7. The van der Waals surface area contributed by atoms with E-state index in [0.29, 0.717) is 30.1 Å². The van der Waals surface area contributed by atoms with Crippen molar-refractivity contribution in [1.29, 1.82) is 0 Å².